The van der Waals surface area contributed by atoms with Crippen molar-refractivity contribution in [1.82, 2.24) is 15.2 Å². The van der Waals surface area contributed by atoms with Crippen molar-refractivity contribution in [2.24, 2.45) is 0 Å². The molecule has 2 heterocycles. The lowest BCUT2D eigenvalue weighted by atomic mass is 10.2. The van der Waals surface area contributed by atoms with E-state index in [4.69, 9.17) is 0 Å². The van der Waals surface area contributed by atoms with Crippen LogP contribution in [0.3, 0.4) is 0 Å². The Kier molecular flexibility index (Phi) is 4.19. The Morgan fingerprint density at radius 2 is 2.25 bits per heavy atom. The van der Waals surface area contributed by atoms with Crippen LogP contribution in [0.15, 0.2) is 11.7 Å². The van der Waals surface area contributed by atoms with E-state index in [1.54, 1.807) is 11.3 Å². The van der Waals surface area contributed by atoms with Gasteiger partial charge in [-0.05, 0) is 25.8 Å². The fourth-order valence-electron chi connectivity index (χ4n) is 2.39. The molecule has 0 amide bonds. The molecule has 16 heavy (non-hydrogen) atoms. The van der Waals surface area contributed by atoms with E-state index >= 15 is 0 Å². The van der Waals surface area contributed by atoms with Gasteiger partial charge in [0.2, 0.25) is 0 Å². The number of aromatic nitrogens is 1. The number of hydrogen-bond acceptors (Lipinski definition) is 4. The van der Waals surface area contributed by atoms with E-state index in [0.717, 1.165) is 18.6 Å². The second-order valence-corrected chi connectivity index (χ2v) is 5.49. The predicted molar refractivity (Wildman–Crippen MR) is 69.2 cm³/mol. The van der Waals surface area contributed by atoms with Crippen molar-refractivity contribution in [1.29, 1.82) is 0 Å². The third-order valence-corrected chi connectivity index (χ3v) is 4.11. The summed E-state index contributed by atoms with van der Waals surface area (Å²) >= 11 is 1.78. The third kappa shape index (κ3) is 2.74. The number of nitrogens with zero attached hydrogens (tertiary/aromatic N) is 2. The van der Waals surface area contributed by atoms with Gasteiger partial charge in [0.1, 0.15) is 0 Å². The number of hydrogen-bond donors (Lipinski definition) is 1. The molecule has 2 fully saturated rings. The highest BCUT2D eigenvalue weighted by atomic mass is 35.5. The van der Waals surface area contributed by atoms with E-state index in [1.165, 1.54) is 37.2 Å². The SMILES string of the molecule is Cl.c1ncc(CN(C2CC2)C2CCNC2)s1. The summed E-state index contributed by atoms with van der Waals surface area (Å²) in [4.78, 5) is 8.26. The van der Waals surface area contributed by atoms with Gasteiger partial charge in [0.15, 0.2) is 0 Å². The van der Waals surface area contributed by atoms with Crippen molar-refractivity contribution in [2.75, 3.05) is 13.1 Å². The van der Waals surface area contributed by atoms with Crippen LogP contribution in [-0.4, -0.2) is 35.1 Å². The Labute approximate surface area is 107 Å². The van der Waals surface area contributed by atoms with Gasteiger partial charge >= 0.3 is 0 Å². The molecule has 2 aliphatic rings. The minimum Gasteiger partial charge on any atom is -0.315 e. The van der Waals surface area contributed by atoms with Crippen LogP contribution < -0.4 is 5.32 Å². The van der Waals surface area contributed by atoms with Crippen LogP contribution in [0.2, 0.25) is 0 Å². The lowest BCUT2D eigenvalue weighted by Crippen LogP contribution is -2.37. The highest BCUT2D eigenvalue weighted by Crippen LogP contribution is 2.32. The van der Waals surface area contributed by atoms with Gasteiger partial charge in [0.05, 0.1) is 5.51 Å². The molecule has 1 aromatic rings. The highest BCUT2D eigenvalue weighted by Gasteiger charge is 2.35. The monoisotopic (exact) mass is 259 g/mol. The molecule has 90 valence electrons. The van der Waals surface area contributed by atoms with E-state index in [0.29, 0.717) is 0 Å². The Bertz CT molecular complexity index is 307. The average Bonchev–Trinajstić information content (AvgIpc) is 2.78. The Morgan fingerprint density at radius 3 is 2.81 bits per heavy atom. The fraction of sp³-hybridized carbons (Fsp3) is 0.727. The topological polar surface area (TPSA) is 28.2 Å². The molecular weight excluding hydrogens is 242 g/mol. The smallest absolute Gasteiger partial charge is 0.0794 e. The largest absolute Gasteiger partial charge is 0.315 e. The van der Waals surface area contributed by atoms with Gasteiger partial charge in [-0.25, -0.2) is 0 Å². The minimum absolute atomic E-state index is 0. The molecule has 1 aromatic heterocycles. The van der Waals surface area contributed by atoms with Gasteiger partial charge in [-0.3, -0.25) is 9.88 Å². The van der Waals surface area contributed by atoms with Crippen LogP contribution in [0, 0.1) is 0 Å². The first-order valence-electron chi connectivity index (χ1n) is 5.77. The molecule has 1 aliphatic heterocycles. The summed E-state index contributed by atoms with van der Waals surface area (Å²) < 4.78 is 0. The van der Waals surface area contributed by atoms with Crippen molar-refractivity contribution in [3.05, 3.63) is 16.6 Å². The summed E-state index contributed by atoms with van der Waals surface area (Å²) in [6, 6.07) is 1.62. The van der Waals surface area contributed by atoms with Crippen molar-refractivity contribution in [3.8, 4) is 0 Å². The molecule has 0 aromatic carbocycles. The molecule has 5 heteroatoms. The zero-order chi connectivity index (χ0) is 10.1. The quantitative estimate of drug-likeness (QED) is 0.895. The van der Waals surface area contributed by atoms with Crippen molar-refractivity contribution in [2.45, 2.75) is 37.9 Å². The zero-order valence-corrected chi connectivity index (χ0v) is 10.9. The van der Waals surface area contributed by atoms with Crippen LogP contribution in [-0.2, 0) is 6.54 Å². The Morgan fingerprint density at radius 1 is 1.38 bits per heavy atom. The normalized spacial score (nSPS) is 24.7. The molecular formula is C11H18ClN3S. The van der Waals surface area contributed by atoms with Gasteiger partial charge in [-0.2, -0.15) is 0 Å². The van der Waals surface area contributed by atoms with Gasteiger partial charge in [-0.15, -0.1) is 23.7 Å². The summed E-state index contributed by atoms with van der Waals surface area (Å²) in [5, 5.41) is 3.46. The van der Waals surface area contributed by atoms with Crippen molar-refractivity contribution < 1.29 is 0 Å². The summed E-state index contributed by atoms with van der Waals surface area (Å²) in [6.45, 7) is 3.48. The van der Waals surface area contributed by atoms with Gasteiger partial charge in [-0.1, -0.05) is 0 Å². The molecule has 0 spiro atoms. The van der Waals surface area contributed by atoms with Gasteiger partial charge in [0, 0.05) is 36.2 Å². The molecule has 1 N–H and O–H groups in total. The Hall–Kier alpha value is -0.160. The minimum atomic E-state index is 0. The molecule has 3 nitrogen and oxygen atoms in total. The maximum atomic E-state index is 4.16. The molecule has 1 unspecified atom stereocenters. The molecule has 0 bridgehead atoms. The summed E-state index contributed by atoms with van der Waals surface area (Å²) in [6.07, 6.45) is 6.13. The van der Waals surface area contributed by atoms with E-state index in [1.807, 2.05) is 11.7 Å². The third-order valence-electron chi connectivity index (χ3n) is 3.34. The number of rotatable bonds is 4. The van der Waals surface area contributed by atoms with Crippen LogP contribution >= 0.6 is 23.7 Å². The molecule has 1 atom stereocenters. The molecule has 1 saturated heterocycles. The number of halogens is 1. The van der Waals surface area contributed by atoms with E-state index in [-0.39, 0.29) is 12.4 Å². The maximum Gasteiger partial charge on any atom is 0.0794 e. The summed E-state index contributed by atoms with van der Waals surface area (Å²) in [7, 11) is 0. The molecule has 1 saturated carbocycles. The van der Waals surface area contributed by atoms with Gasteiger partial charge < -0.3 is 5.32 Å². The Balaban J connectivity index is 0.000000963. The molecule has 1 aliphatic carbocycles. The van der Waals surface area contributed by atoms with Gasteiger partial charge in [0.25, 0.3) is 0 Å². The van der Waals surface area contributed by atoms with Crippen LogP contribution in [0.25, 0.3) is 0 Å². The summed E-state index contributed by atoms with van der Waals surface area (Å²) in [5.41, 5.74) is 1.94. The lowest BCUT2D eigenvalue weighted by Gasteiger charge is -2.27. The first-order chi connectivity index (χ1) is 7.43. The second kappa shape index (κ2) is 5.45. The van der Waals surface area contributed by atoms with Crippen molar-refractivity contribution >= 4 is 23.7 Å². The average molecular weight is 260 g/mol. The maximum absolute atomic E-state index is 4.16. The fourth-order valence-corrected chi connectivity index (χ4v) is 2.99. The predicted octanol–water partition coefficient (Wildman–Crippen LogP) is 1.89. The van der Waals surface area contributed by atoms with Crippen LogP contribution in [0.1, 0.15) is 24.1 Å². The van der Waals surface area contributed by atoms with E-state index in [9.17, 15) is 0 Å². The first-order valence-corrected chi connectivity index (χ1v) is 6.65. The van der Waals surface area contributed by atoms with Crippen LogP contribution in [0.5, 0.6) is 0 Å². The standard InChI is InChI=1S/C11H17N3S.ClH/c1-2-9(1)14(10-3-4-12-5-10)7-11-6-13-8-15-11;/h6,8-10,12H,1-5,7H2;1H. The number of nitrogens with one attached hydrogen (secondary N) is 1. The second-order valence-electron chi connectivity index (χ2n) is 4.52. The van der Waals surface area contributed by atoms with E-state index < -0.39 is 0 Å². The lowest BCUT2D eigenvalue weighted by molar-refractivity contribution is 0.190. The molecule has 3 rings (SSSR count). The van der Waals surface area contributed by atoms with E-state index in [2.05, 4.69) is 15.2 Å². The highest BCUT2D eigenvalue weighted by molar-refractivity contribution is 7.09. The first kappa shape index (κ1) is 12.3. The van der Waals surface area contributed by atoms with Crippen molar-refractivity contribution in [3.63, 3.8) is 0 Å². The summed E-state index contributed by atoms with van der Waals surface area (Å²) in [5.74, 6) is 0. The van der Waals surface area contributed by atoms with Crippen LogP contribution in [0.4, 0.5) is 0 Å². The molecule has 0 radical (unpaired) electrons. The number of thiazole rings is 1. The zero-order valence-electron chi connectivity index (χ0n) is 9.26.